The molecular formula is C10H12FNO3. The molecule has 0 spiro atoms. The van der Waals surface area contributed by atoms with E-state index in [1.807, 2.05) is 0 Å². The van der Waals surface area contributed by atoms with E-state index in [-0.39, 0.29) is 13.4 Å². The molecule has 1 aromatic carbocycles. The molecule has 3 N–H and O–H groups in total. The number of aliphatic hydroxyl groups is 1. The van der Waals surface area contributed by atoms with Crippen molar-refractivity contribution in [1.82, 2.24) is 0 Å². The van der Waals surface area contributed by atoms with Crippen LogP contribution >= 0.6 is 0 Å². The van der Waals surface area contributed by atoms with Crippen LogP contribution < -0.4 is 15.2 Å². The number of rotatable bonds is 3. The Bertz CT molecular complexity index is 370. The second kappa shape index (κ2) is 4.04. The number of benzene rings is 1. The van der Waals surface area contributed by atoms with Gasteiger partial charge in [-0.3, -0.25) is 0 Å². The highest BCUT2D eigenvalue weighted by Crippen LogP contribution is 2.36. The van der Waals surface area contributed by atoms with Crippen LogP contribution in [0.15, 0.2) is 12.1 Å². The third kappa shape index (κ3) is 1.75. The van der Waals surface area contributed by atoms with E-state index < -0.39 is 12.7 Å². The first kappa shape index (κ1) is 10.2. The zero-order chi connectivity index (χ0) is 10.8. The van der Waals surface area contributed by atoms with Gasteiger partial charge in [0.05, 0.1) is 12.6 Å². The average Bonchev–Trinajstić information content (AvgIpc) is 2.73. The zero-order valence-corrected chi connectivity index (χ0v) is 8.07. The minimum Gasteiger partial charge on any atom is -0.454 e. The number of halogens is 1. The lowest BCUT2D eigenvalue weighted by atomic mass is 10.0. The van der Waals surface area contributed by atoms with E-state index >= 15 is 0 Å². The molecule has 5 heteroatoms. The quantitative estimate of drug-likeness (QED) is 0.782. The van der Waals surface area contributed by atoms with Crippen LogP contribution in [-0.2, 0) is 6.67 Å². The van der Waals surface area contributed by atoms with Crippen LogP contribution in [0.4, 0.5) is 4.39 Å². The average molecular weight is 213 g/mol. The minimum absolute atomic E-state index is 0.138. The molecule has 1 atom stereocenters. The normalized spacial score (nSPS) is 15.4. The van der Waals surface area contributed by atoms with Crippen molar-refractivity contribution in [2.45, 2.75) is 12.7 Å². The molecule has 82 valence electrons. The molecule has 0 radical (unpaired) electrons. The molecule has 1 aromatic rings. The Balaban J connectivity index is 2.44. The Hall–Kier alpha value is -1.33. The number of ether oxygens (including phenoxy) is 2. The van der Waals surface area contributed by atoms with E-state index in [0.717, 1.165) is 0 Å². The molecule has 4 nitrogen and oxygen atoms in total. The summed E-state index contributed by atoms with van der Waals surface area (Å²) in [5.41, 5.74) is 6.64. The third-order valence-electron chi connectivity index (χ3n) is 2.37. The Morgan fingerprint density at radius 3 is 2.67 bits per heavy atom. The number of aliphatic hydroxyl groups excluding tert-OH is 1. The second-order valence-corrected chi connectivity index (χ2v) is 3.33. The van der Waals surface area contributed by atoms with Gasteiger partial charge in [0, 0.05) is 0 Å². The molecule has 0 aliphatic carbocycles. The predicted molar refractivity (Wildman–Crippen MR) is 51.4 cm³/mol. The first-order valence-corrected chi connectivity index (χ1v) is 4.61. The molecule has 0 bridgehead atoms. The van der Waals surface area contributed by atoms with Gasteiger partial charge in [0.25, 0.3) is 0 Å². The minimum atomic E-state index is -0.639. The van der Waals surface area contributed by atoms with Crippen LogP contribution in [-0.4, -0.2) is 18.5 Å². The first-order chi connectivity index (χ1) is 7.26. The van der Waals surface area contributed by atoms with Crippen molar-refractivity contribution in [3.05, 3.63) is 23.3 Å². The number of fused-ring (bicyclic) bond motifs is 1. The van der Waals surface area contributed by atoms with Gasteiger partial charge in [-0.15, -0.1) is 0 Å². The van der Waals surface area contributed by atoms with Gasteiger partial charge in [-0.25, -0.2) is 4.39 Å². The molecule has 1 heterocycles. The molecule has 1 unspecified atom stereocenters. The molecule has 15 heavy (non-hydrogen) atoms. The summed E-state index contributed by atoms with van der Waals surface area (Å²) in [4.78, 5) is 0. The van der Waals surface area contributed by atoms with E-state index in [2.05, 4.69) is 0 Å². The SMILES string of the molecule is NC(CO)c1cc2c(cc1CF)OCO2. The van der Waals surface area contributed by atoms with Crippen LogP contribution in [0.25, 0.3) is 0 Å². The Morgan fingerprint density at radius 1 is 1.40 bits per heavy atom. The summed E-state index contributed by atoms with van der Waals surface area (Å²) < 4.78 is 23.0. The van der Waals surface area contributed by atoms with Gasteiger partial charge in [-0.1, -0.05) is 0 Å². The fourth-order valence-electron chi connectivity index (χ4n) is 1.56. The molecule has 2 rings (SSSR count). The Kier molecular flexibility index (Phi) is 2.75. The molecule has 0 saturated carbocycles. The lowest BCUT2D eigenvalue weighted by molar-refractivity contribution is 0.174. The van der Waals surface area contributed by atoms with Gasteiger partial charge in [-0.05, 0) is 23.3 Å². The van der Waals surface area contributed by atoms with Crippen LogP contribution in [0.5, 0.6) is 11.5 Å². The van der Waals surface area contributed by atoms with Crippen molar-refractivity contribution in [2.24, 2.45) is 5.73 Å². The maximum Gasteiger partial charge on any atom is 0.231 e. The molecular weight excluding hydrogens is 201 g/mol. The maximum atomic E-state index is 12.7. The number of hydrogen-bond acceptors (Lipinski definition) is 4. The first-order valence-electron chi connectivity index (χ1n) is 4.61. The molecule has 0 fully saturated rings. The van der Waals surface area contributed by atoms with E-state index in [4.69, 9.17) is 20.3 Å². The van der Waals surface area contributed by atoms with Crippen molar-refractivity contribution in [3.63, 3.8) is 0 Å². The van der Waals surface area contributed by atoms with Gasteiger partial charge < -0.3 is 20.3 Å². The Morgan fingerprint density at radius 2 is 2.07 bits per heavy atom. The number of nitrogens with two attached hydrogens (primary N) is 1. The number of hydrogen-bond donors (Lipinski definition) is 2. The summed E-state index contributed by atoms with van der Waals surface area (Å²) in [5, 5.41) is 8.94. The van der Waals surface area contributed by atoms with Gasteiger partial charge in [-0.2, -0.15) is 0 Å². The van der Waals surface area contributed by atoms with Crippen LogP contribution in [0.1, 0.15) is 17.2 Å². The van der Waals surface area contributed by atoms with E-state index in [1.54, 1.807) is 12.1 Å². The van der Waals surface area contributed by atoms with Gasteiger partial charge in [0.15, 0.2) is 11.5 Å². The topological polar surface area (TPSA) is 64.7 Å². The highest BCUT2D eigenvalue weighted by molar-refractivity contribution is 5.49. The second-order valence-electron chi connectivity index (χ2n) is 3.33. The van der Waals surface area contributed by atoms with Crippen LogP contribution in [0.2, 0.25) is 0 Å². The van der Waals surface area contributed by atoms with E-state index in [9.17, 15) is 4.39 Å². The smallest absolute Gasteiger partial charge is 0.231 e. The van der Waals surface area contributed by atoms with Crippen molar-refractivity contribution in [3.8, 4) is 11.5 Å². The summed E-state index contributed by atoms with van der Waals surface area (Å²) >= 11 is 0. The summed E-state index contributed by atoms with van der Waals surface area (Å²) in [7, 11) is 0. The Labute approximate surface area is 86.4 Å². The highest BCUT2D eigenvalue weighted by atomic mass is 19.1. The van der Waals surface area contributed by atoms with Gasteiger partial charge >= 0.3 is 0 Å². The molecule has 1 aliphatic rings. The summed E-state index contributed by atoms with van der Waals surface area (Å²) in [6.45, 7) is -0.731. The van der Waals surface area contributed by atoms with Gasteiger partial charge in [0.1, 0.15) is 6.67 Å². The fraction of sp³-hybridized carbons (Fsp3) is 0.400. The largest absolute Gasteiger partial charge is 0.454 e. The fourth-order valence-corrected chi connectivity index (χ4v) is 1.56. The van der Waals surface area contributed by atoms with E-state index in [0.29, 0.717) is 22.6 Å². The van der Waals surface area contributed by atoms with Crippen LogP contribution in [0, 0.1) is 0 Å². The maximum absolute atomic E-state index is 12.7. The molecule has 1 aliphatic heterocycles. The molecule has 0 amide bonds. The standard InChI is InChI=1S/C10H12FNO3/c11-3-6-1-9-10(15-5-14-9)2-7(6)8(12)4-13/h1-2,8,13H,3-5,12H2. The van der Waals surface area contributed by atoms with E-state index in [1.165, 1.54) is 0 Å². The monoisotopic (exact) mass is 213 g/mol. The lowest BCUT2D eigenvalue weighted by Crippen LogP contribution is -2.16. The van der Waals surface area contributed by atoms with Gasteiger partial charge in [0.2, 0.25) is 6.79 Å². The summed E-state index contributed by atoms with van der Waals surface area (Å²) in [6, 6.07) is 2.59. The van der Waals surface area contributed by atoms with Crippen molar-refractivity contribution in [1.29, 1.82) is 0 Å². The summed E-state index contributed by atoms with van der Waals surface area (Å²) in [6.07, 6.45) is 0. The highest BCUT2D eigenvalue weighted by Gasteiger charge is 2.19. The molecule has 0 saturated heterocycles. The summed E-state index contributed by atoms with van der Waals surface area (Å²) in [5.74, 6) is 1.07. The predicted octanol–water partition coefficient (Wildman–Crippen LogP) is 0.877. The van der Waals surface area contributed by atoms with Crippen molar-refractivity contribution in [2.75, 3.05) is 13.4 Å². The van der Waals surface area contributed by atoms with Crippen molar-refractivity contribution < 1.29 is 19.0 Å². The lowest BCUT2D eigenvalue weighted by Gasteiger charge is -2.13. The third-order valence-corrected chi connectivity index (χ3v) is 2.37. The van der Waals surface area contributed by atoms with Crippen molar-refractivity contribution >= 4 is 0 Å². The molecule has 0 aromatic heterocycles. The number of alkyl halides is 1. The van der Waals surface area contributed by atoms with Crippen LogP contribution in [0.3, 0.4) is 0 Å². The zero-order valence-electron chi connectivity index (χ0n) is 8.07.